The van der Waals surface area contributed by atoms with Gasteiger partial charge in [0.05, 0.1) is 5.69 Å². The minimum Gasteiger partial charge on any atom is -0.487 e. The molecule has 0 aliphatic rings. The van der Waals surface area contributed by atoms with Crippen LogP contribution in [0, 0.1) is 12.8 Å². The lowest BCUT2D eigenvalue weighted by Gasteiger charge is -2.23. The van der Waals surface area contributed by atoms with Crippen molar-refractivity contribution in [2.45, 2.75) is 33.8 Å². The van der Waals surface area contributed by atoms with Crippen molar-refractivity contribution in [3.05, 3.63) is 24.0 Å². The molecule has 0 saturated heterocycles. The molecular weight excluding hydrogens is 200 g/mol. The van der Waals surface area contributed by atoms with Gasteiger partial charge in [-0.1, -0.05) is 20.8 Å². The fourth-order valence-electron chi connectivity index (χ4n) is 1.46. The number of ether oxygens (including phenoxy) is 1. The van der Waals surface area contributed by atoms with Crippen molar-refractivity contribution in [2.75, 3.05) is 13.1 Å². The highest BCUT2D eigenvalue weighted by Crippen LogP contribution is 2.18. The van der Waals surface area contributed by atoms with Crippen molar-refractivity contribution < 1.29 is 4.74 Å². The van der Waals surface area contributed by atoms with Gasteiger partial charge in [-0.05, 0) is 31.5 Å². The normalized spacial score (nSPS) is 12.8. The monoisotopic (exact) mass is 222 g/mol. The molecule has 0 aromatic carbocycles. The maximum absolute atomic E-state index is 5.98. The Bertz CT molecular complexity index is 313. The third kappa shape index (κ3) is 3.81. The van der Waals surface area contributed by atoms with Crippen molar-refractivity contribution in [1.29, 1.82) is 0 Å². The van der Waals surface area contributed by atoms with Crippen molar-refractivity contribution in [3.8, 4) is 5.75 Å². The van der Waals surface area contributed by atoms with E-state index in [1.54, 1.807) is 6.20 Å². The third-order valence-electron chi connectivity index (χ3n) is 2.58. The molecule has 0 spiro atoms. The summed E-state index contributed by atoms with van der Waals surface area (Å²) < 4.78 is 5.98. The van der Waals surface area contributed by atoms with Crippen LogP contribution in [-0.2, 0) is 0 Å². The second kappa shape index (κ2) is 6.48. The van der Waals surface area contributed by atoms with Gasteiger partial charge in [0.1, 0.15) is 11.9 Å². The van der Waals surface area contributed by atoms with E-state index in [0.29, 0.717) is 5.92 Å². The Morgan fingerprint density at radius 2 is 2.19 bits per heavy atom. The molecule has 90 valence electrons. The minimum atomic E-state index is 0.197. The van der Waals surface area contributed by atoms with Crippen LogP contribution >= 0.6 is 0 Å². The first kappa shape index (κ1) is 13.0. The van der Waals surface area contributed by atoms with Gasteiger partial charge in [0.25, 0.3) is 0 Å². The van der Waals surface area contributed by atoms with Gasteiger partial charge in [0, 0.05) is 12.7 Å². The van der Waals surface area contributed by atoms with Crippen LogP contribution < -0.4 is 10.1 Å². The molecule has 0 aliphatic carbocycles. The number of aryl methyl sites for hydroxylation is 1. The van der Waals surface area contributed by atoms with Crippen molar-refractivity contribution >= 4 is 0 Å². The molecule has 1 rings (SSSR count). The number of likely N-dealkylation sites (N-methyl/N-ethyl adjacent to an activating group) is 1. The largest absolute Gasteiger partial charge is 0.487 e. The van der Waals surface area contributed by atoms with Gasteiger partial charge in [0.15, 0.2) is 0 Å². The molecule has 0 fully saturated rings. The van der Waals surface area contributed by atoms with Crippen LogP contribution in [0.4, 0.5) is 0 Å². The Kier molecular flexibility index (Phi) is 5.26. The van der Waals surface area contributed by atoms with Crippen LogP contribution in [-0.4, -0.2) is 24.2 Å². The SMILES string of the molecule is CCNCC(Oc1cccnc1C)C(C)C. The van der Waals surface area contributed by atoms with E-state index < -0.39 is 0 Å². The van der Waals surface area contributed by atoms with Crippen molar-refractivity contribution in [1.82, 2.24) is 10.3 Å². The van der Waals surface area contributed by atoms with E-state index in [1.807, 2.05) is 19.1 Å². The summed E-state index contributed by atoms with van der Waals surface area (Å²) >= 11 is 0. The maximum Gasteiger partial charge on any atom is 0.140 e. The molecule has 0 aliphatic heterocycles. The summed E-state index contributed by atoms with van der Waals surface area (Å²) in [6.07, 6.45) is 1.99. The summed E-state index contributed by atoms with van der Waals surface area (Å²) in [5.74, 6) is 1.37. The smallest absolute Gasteiger partial charge is 0.140 e. The lowest BCUT2D eigenvalue weighted by Crippen LogP contribution is -2.35. The highest BCUT2D eigenvalue weighted by atomic mass is 16.5. The van der Waals surface area contributed by atoms with Crippen LogP contribution in [0.1, 0.15) is 26.5 Å². The predicted molar refractivity (Wildman–Crippen MR) is 66.8 cm³/mol. The number of rotatable bonds is 6. The van der Waals surface area contributed by atoms with Crippen LogP contribution in [0.5, 0.6) is 5.75 Å². The quantitative estimate of drug-likeness (QED) is 0.802. The minimum absolute atomic E-state index is 0.197. The molecule has 0 radical (unpaired) electrons. The molecule has 1 atom stereocenters. The molecule has 1 N–H and O–H groups in total. The van der Waals surface area contributed by atoms with E-state index in [-0.39, 0.29) is 6.10 Å². The summed E-state index contributed by atoms with van der Waals surface area (Å²) in [6.45, 7) is 10.3. The first-order valence-electron chi connectivity index (χ1n) is 5.94. The van der Waals surface area contributed by atoms with Gasteiger partial charge in [-0.25, -0.2) is 0 Å². The van der Waals surface area contributed by atoms with E-state index in [4.69, 9.17) is 4.74 Å². The maximum atomic E-state index is 5.98. The van der Waals surface area contributed by atoms with E-state index in [2.05, 4.69) is 31.1 Å². The van der Waals surface area contributed by atoms with E-state index in [9.17, 15) is 0 Å². The molecule has 0 amide bonds. The summed E-state index contributed by atoms with van der Waals surface area (Å²) in [5, 5.41) is 3.32. The number of nitrogens with zero attached hydrogens (tertiary/aromatic N) is 1. The van der Waals surface area contributed by atoms with E-state index in [0.717, 1.165) is 24.5 Å². The molecule has 1 aromatic heterocycles. The van der Waals surface area contributed by atoms with Gasteiger partial charge in [-0.3, -0.25) is 4.98 Å². The molecule has 0 saturated carbocycles. The van der Waals surface area contributed by atoms with Crippen LogP contribution in [0.15, 0.2) is 18.3 Å². The first-order chi connectivity index (χ1) is 7.65. The lowest BCUT2D eigenvalue weighted by molar-refractivity contribution is 0.148. The van der Waals surface area contributed by atoms with Gasteiger partial charge in [-0.15, -0.1) is 0 Å². The zero-order valence-corrected chi connectivity index (χ0v) is 10.7. The number of aromatic nitrogens is 1. The number of pyridine rings is 1. The number of hydrogen-bond acceptors (Lipinski definition) is 3. The molecule has 3 nitrogen and oxygen atoms in total. The first-order valence-corrected chi connectivity index (χ1v) is 5.94. The van der Waals surface area contributed by atoms with Crippen LogP contribution in [0.2, 0.25) is 0 Å². The second-order valence-electron chi connectivity index (χ2n) is 4.29. The average Bonchev–Trinajstić information content (AvgIpc) is 2.26. The van der Waals surface area contributed by atoms with Gasteiger partial charge < -0.3 is 10.1 Å². The highest BCUT2D eigenvalue weighted by molar-refractivity contribution is 5.25. The Morgan fingerprint density at radius 1 is 1.44 bits per heavy atom. The Hall–Kier alpha value is -1.09. The fraction of sp³-hybridized carbons (Fsp3) is 0.615. The second-order valence-corrected chi connectivity index (χ2v) is 4.29. The van der Waals surface area contributed by atoms with Crippen molar-refractivity contribution in [3.63, 3.8) is 0 Å². The topological polar surface area (TPSA) is 34.1 Å². The third-order valence-corrected chi connectivity index (χ3v) is 2.58. The summed E-state index contributed by atoms with van der Waals surface area (Å²) in [6, 6.07) is 3.89. The molecule has 1 unspecified atom stereocenters. The highest BCUT2D eigenvalue weighted by Gasteiger charge is 2.15. The standard InChI is InChI=1S/C13H22N2O/c1-5-14-9-13(10(2)3)16-12-7-6-8-15-11(12)4/h6-8,10,13-14H,5,9H2,1-4H3. The van der Waals surface area contributed by atoms with E-state index in [1.165, 1.54) is 0 Å². The van der Waals surface area contributed by atoms with E-state index >= 15 is 0 Å². The summed E-state index contributed by atoms with van der Waals surface area (Å²) in [7, 11) is 0. The van der Waals surface area contributed by atoms with Crippen LogP contribution in [0.25, 0.3) is 0 Å². The fourth-order valence-corrected chi connectivity index (χ4v) is 1.46. The van der Waals surface area contributed by atoms with Gasteiger partial charge >= 0.3 is 0 Å². The Balaban J connectivity index is 2.64. The van der Waals surface area contributed by atoms with Crippen LogP contribution in [0.3, 0.4) is 0 Å². The lowest BCUT2D eigenvalue weighted by atomic mass is 10.1. The van der Waals surface area contributed by atoms with Gasteiger partial charge in [0.2, 0.25) is 0 Å². The molecule has 3 heteroatoms. The number of nitrogens with one attached hydrogen (secondary N) is 1. The molecule has 1 heterocycles. The Labute approximate surface area is 98.2 Å². The number of hydrogen-bond donors (Lipinski definition) is 1. The molecule has 16 heavy (non-hydrogen) atoms. The molecule has 0 bridgehead atoms. The Morgan fingerprint density at radius 3 is 2.75 bits per heavy atom. The molecular formula is C13H22N2O. The average molecular weight is 222 g/mol. The van der Waals surface area contributed by atoms with Crippen molar-refractivity contribution in [2.24, 2.45) is 5.92 Å². The molecule has 1 aromatic rings. The zero-order valence-electron chi connectivity index (χ0n) is 10.7. The summed E-state index contributed by atoms with van der Waals surface area (Å²) in [4.78, 5) is 4.23. The predicted octanol–water partition coefficient (Wildman–Crippen LogP) is 2.40. The summed E-state index contributed by atoms with van der Waals surface area (Å²) in [5.41, 5.74) is 0.949. The van der Waals surface area contributed by atoms with Gasteiger partial charge in [-0.2, -0.15) is 0 Å². The zero-order chi connectivity index (χ0) is 12.0.